The monoisotopic (exact) mass is 400 g/mol. The summed E-state index contributed by atoms with van der Waals surface area (Å²) >= 11 is 5.89. The number of hydrogen-bond acceptors (Lipinski definition) is 4. The first-order valence-electron chi connectivity index (χ1n) is 8.22. The van der Waals surface area contributed by atoms with Crippen molar-refractivity contribution >= 4 is 33.9 Å². The molecule has 0 atom stereocenters. The van der Waals surface area contributed by atoms with E-state index in [4.69, 9.17) is 11.6 Å². The molecule has 8 heteroatoms. The Kier molecular flexibility index (Phi) is 4.60. The van der Waals surface area contributed by atoms with Crippen LogP contribution in [0.2, 0.25) is 5.02 Å². The molecule has 2 heterocycles. The van der Waals surface area contributed by atoms with E-state index in [9.17, 15) is 13.2 Å². The molecular formula is C20H12ClF3N4. The molecule has 0 saturated heterocycles. The van der Waals surface area contributed by atoms with Gasteiger partial charge < -0.3 is 5.32 Å². The number of pyridine rings is 1. The highest BCUT2D eigenvalue weighted by atomic mass is 35.5. The number of hydrogen-bond donors (Lipinski definition) is 1. The Morgan fingerprint density at radius 3 is 2.50 bits per heavy atom. The smallest absolute Gasteiger partial charge is 0.354 e. The molecule has 0 radical (unpaired) electrons. The van der Waals surface area contributed by atoms with Crippen LogP contribution in [-0.4, -0.2) is 15.2 Å². The maximum absolute atomic E-state index is 13.3. The number of nitrogens with zero attached hydrogens (tertiary/aromatic N) is 3. The lowest BCUT2D eigenvalue weighted by Crippen LogP contribution is -2.08. The summed E-state index contributed by atoms with van der Waals surface area (Å²) in [6, 6.07) is 14.2. The van der Waals surface area contributed by atoms with Crippen LogP contribution in [0.25, 0.3) is 22.2 Å². The minimum Gasteiger partial charge on any atom is -0.354 e. The highest BCUT2D eigenvalue weighted by Gasteiger charge is 2.34. The summed E-state index contributed by atoms with van der Waals surface area (Å²) in [6.07, 6.45) is -1.61. The van der Waals surface area contributed by atoms with Crippen molar-refractivity contribution in [2.24, 2.45) is 0 Å². The molecule has 4 rings (SSSR count). The minimum absolute atomic E-state index is 0.144. The molecule has 0 bridgehead atoms. The van der Waals surface area contributed by atoms with Crippen LogP contribution in [0, 0.1) is 0 Å². The zero-order valence-electron chi connectivity index (χ0n) is 14.2. The summed E-state index contributed by atoms with van der Waals surface area (Å²) in [5, 5.41) is 12.6. The number of rotatable bonds is 3. The third-order valence-corrected chi connectivity index (χ3v) is 4.40. The Labute approximate surface area is 163 Å². The summed E-state index contributed by atoms with van der Waals surface area (Å²) in [6.45, 7) is 0. The number of aromatic nitrogens is 3. The summed E-state index contributed by atoms with van der Waals surface area (Å²) in [7, 11) is 0. The molecule has 0 aliphatic rings. The Bertz CT molecular complexity index is 1140. The summed E-state index contributed by atoms with van der Waals surface area (Å²) < 4.78 is 39.9. The van der Waals surface area contributed by atoms with E-state index in [-0.39, 0.29) is 5.69 Å². The average molecular weight is 401 g/mol. The third-order valence-electron chi connectivity index (χ3n) is 4.15. The fraction of sp³-hybridized carbons (Fsp3) is 0.0500. The number of alkyl halides is 3. The number of nitrogens with one attached hydrogen (secondary N) is 1. The van der Waals surface area contributed by atoms with Crippen molar-refractivity contribution in [1.29, 1.82) is 0 Å². The predicted molar refractivity (Wildman–Crippen MR) is 103 cm³/mol. The first-order chi connectivity index (χ1) is 13.4. The van der Waals surface area contributed by atoms with Gasteiger partial charge in [-0.05, 0) is 48.5 Å². The van der Waals surface area contributed by atoms with Gasteiger partial charge in [0.2, 0.25) is 0 Å². The van der Waals surface area contributed by atoms with Crippen molar-refractivity contribution in [3.63, 3.8) is 0 Å². The van der Waals surface area contributed by atoms with Gasteiger partial charge in [0.1, 0.15) is 0 Å². The van der Waals surface area contributed by atoms with Gasteiger partial charge in [0.25, 0.3) is 0 Å². The molecule has 140 valence electrons. The second-order valence-electron chi connectivity index (χ2n) is 6.02. The van der Waals surface area contributed by atoms with E-state index in [0.717, 1.165) is 17.1 Å². The molecule has 0 unspecified atom stereocenters. The Balaban J connectivity index is 1.77. The second kappa shape index (κ2) is 7.09. The van der Waals surface area contributed by atoms with Crippen molar-refractivity contribution < 1.29 is 13.2 Å². The molecule has 2 aromatic carbocycles. The number of benzene rings is 2. The lowest BCUT2D eigenvalue weighted by Gasteiger charge is -2.13. The van der Waals surface area contributed by atoms with Crippen molar-refractivity contribution in [3.8, 4) is 11.3 Å². The van der Waals surface area contributed by atoms with Gasteiger partial charge in [0, 0.05) is 27.9 Å². The molecule has 0 spiro atoms. The first kappa shape index (κ1) is 18.2. The van der Waals surface area contributed by atoms with Gasteiger partial charge in [-0.1, -0.05) is 17.7 Å². The Morgan fingerprint density at radius 2 is 1.75 bits per heavy atom. The lowest BCUT2D eigenvalue weighted by molar-refractivity contribution is -0.137. The van der Waals surface area contributed by atoms with E-state index in [1.807, 2.05) is 12.1 Å². The number of fused-ring (bicyclic) bond motifs is 1. The van der Waals surface area contributed by atoms with E-state index >= 15 is 0 Å². The number of halogens is 4. The normalized spacial score (nSPS) is 11.6. The van der Waals surface area contributed by atoms with E-state index in [0.29, 0.717) is 21.8 Å². The molecule has 0 amide bonds. The SMILES string of the molecule is FC(F)(F)c1cccnc1-c1ccc2c(Nc3ccc(Cl)cc3)cnnc2c1. The number of anilines is 2. The minimum atomic E-state index is -4.50. The van der Waals surface area contributed by atoms with E-state index < -0.39 is 11.7 Å². The van der Waals surface area contributed by atoms with Crippen molar-refractivity contribution in [2.75, 3.05) is 5.32 Å². The average Bonchev–Trinajstić information content (AvgIpc) is 2.69. The quantitative estimate of drug-likeness (QED) is 0.451. The Hall–Kier alpha value is -3.19. The van der Waals surface area contributed by atoms with Gasteiger partial charge >= 0.3 is 6.18 Å². The lowest BCUT2D eigenvalue weighted by atomic mass is 10.0. The predicted octanol–water partition coefficient (Wildman–Crippen LogP) is 6.11. The largest absolute Gasteiger partial charge is 0.418 e. The van der Waals surface area contributed by atoms with Crippen molar-refractivity contribution in [2.45, 2.75) is 6.18 Å². The Morgan fingerprint density at radius 1 is 0.964 bits per heavy atom. The highest BCUT2D eigenvalue weighted by molar-refractivity contribution is 6.30. The van der Waals surface area contributed by atoms with Gasteiger partial charge in [0.05, 0.1) is 28.7 Å². The van der Waals surface area contributed by atoms with E-state index in [1.165, 1.54) is 12.3 Å². The van der Waals surface area contributed by atoms with Gasteiger partial charge in [0.15, 0.2) is 0 Å². The molecule has 0 aliphatic heterocycles. The zero-order valence-corrected chi connectivity index (χ0v) is 15.0. The molecule has 2 aromatic heterocycles. The van der Waals surface area contributed by atoms with E-state index in [1.54, 1.807) is 36.5 Å². The van der Waals surface area contributed by atoms with Gasteiger partial charge in [-0.15, -0.1) is 0 Å². The maximum Gasteiger partial charge on any atom is 0.418 e. The van der Waals surface area contributed by atoms with Crippen LogP contribution in [0.4, 0.5) is 24.5 Å². The van der Waals surface area contributed by atoms with E-state index in [2.05, 4.69) is 20.5 Å². The summed E-state index contributed by atoms with van der Waals surface area (Å²) in [4.78, 5) is 3.92. The van der Waals surface area contributed by atoms with Gasteiger partial charge in [-0.3, -0.25) is 4.98 Å². The molecule has 0 saturated carbocycles. The molecule has 0 fully saturated rings. The first-order valence-corrected chi connectivity index (χ1v) is 8.60. The topological polar surface area (TPSA) is 50.7 Å². The van der Waals surface area contributed by atoms with Crippen LogP contribution in [0.15, 0.2) is 67.0 Å². The molecule has 0 aliphatic carbocycles. The summed E-state index contributed by atoms with van der Waals surface area (Å²) in [5.74, 6) is 0. The van der Waals surface area contributed by atoms with Crippen LogP contribution in [0.5, 0.6) is 0 Å². The highest BCUT2D eigenvalue weighted by Crippen LogP contribution is 2.37. The fourth-order valence-corrected chi connectivity index (χ4v) is 2.99. The molecule has 1 N–H and O–H groups in total. The molecule has 4 nitrogen and oxygen atoms in total. The van der Waals surface area contributed by atoms with Crippen LogP contribution in [-0.2, 0) is 6.18 Å². The third kappa shape index (κ3) is 3.61. The summed E-state index contributed by atoms with van der Waals surface area (Å²) in [5.41, 5.74) is 1.31. The fourth-order valence-electron chi connectivity index (χ4n) is 2.86. The van der Waals surface area contributed by atoms with Crippen LogP contribution in [0.1, 0.15) is 5.56 Å². The molecule has 28 heavy (non-hydrogen) atoms. The maximum atomic E-state index is 13.3. The molecule has 4 aromatic rings. The molecular weight excluding hydrogens is 389 g/mol. The van der Waals surface area contributed by atoms with Crippen molar-refractivity contribution in [3.05, 3.63) is 77.6 Å². The van der Waals surface area contributed by atoms with Gasteiger partial charge in [-0.25, -0.2) is 0 Å². The second-order valence-corrected chi connectivity index (χ2v) is 6.46. The van der Waals surface area contributed by atoms with Crippen LogP contribution in [0.3, 0.4) is 0 Å². The van der Waals surface area contributed by atoms with Gasteiger partial charge in [-0.2, -0.15) is 23.4 Å². The van der Waals surface area contributed by atoms with Crippen LogP contribution < -0.4 is 5.32 Å². The van der Waals surface area contributed by atoms with Crippen LogP contribution >= 0.6 is 11.6 Å². The van der Waals surface area contributed by atoms with Crippen molar-refractivity contribution in [1.82, 2.24) is 15.2 Å². The standard InChI is InChI=1S/C20H12ClF3N4/c21-13-4-6-14(7-5-13)27-18-11-26-28-17-10-12(3-8-15(17)18)19-16(20(22,23)24)2-1-9-25-19/h1-11H,(H,27,28). The zero-order chi connectivity index (χ0) is 19.7.